The van der Waals surface area contributed by atoms with Crippen LogP contribution in [0.1, 0.15) is 41.5 Å². The fraction of sp³-hybridized carbons (Fsp3) is 0.941. The van der Waals surface area contributed by atoms with Gasteiger partial charge in [-0.2, -0.15) is 0 Å². The second-order valence-electron chi connectivity index (χ2n) is 9.80. The van der Waals surface area contributed by atoms with Crippen molar-refractivity contribution in [2.45, 2.75) is 96.1 Å². The van der Waals surface area contributed by atoms with Crippen molar-refractivity contribution in [3.05, 3.63) is 0 Å². The van der Waals surface area contributed by atoms with E-state index in [4.69, 9.17) is 13.6 Å². The highest BCUT2D eigenvalue weighted by Crippen LogP contribution is 2.42. The van der Waals surface area contributed by atoms with Crippen molar-refractivity contribution in [2.24, 2.45) is 0 Å². The lowest BCUT2D eigenvalue weighted by atomic mass is 10.1. The molecule has 0 aromatic heterocycles. The lowest BCUT2D eigenvalue weighted by molar-refractivity contribution is -0.147. The monoisotopic (exact) mass is 376 g/mol. The first-order valence-corrected chi connectivity index (χ1v) is 14.5. The Morgan fingerprint density at radius 1 is 0.958 bits per heavy atom. The van der Waals surface area contributed by atoms with E-state index in [9.17, 15) is 9.90 Å². The lowest BCUT2D eigenvalue weighted by Crippen LogP contribution is -2.53. The second kappa shape index (κ2) is 6.83. The van der Waals surface area contributed by atoms with Crippen LogP contribution in [0.5, 0.6) is 0 Å². The molecule has 142 valence electrons. The van der Waals surface area contributed by atoms with Gasteiger partial charge in [-0.3, -0.25) is 0 Å². The average Bonchev–Trinajstić information content (AvgIpc) is 2.63. The summed E-state index contributed by atoms with van der Waals surface area (Å²) in [5.74, 6) is -0.414. The first kappa shape index (κ1) is 21.8. The molecule has 24 heavy (non-hydrogen) atoms. The van der Waals surface area contributed by atoms with Crippen LogP contribution >= 0.6 is 0 Å². The van der Waals surface area contributed by atoms with Gasteiger partial charge in [0.15, 0.2) is 28.8 Å². The summed E-state index contributed by atoms with van der Waals surface area (Å²) in [7, 11) is -4.29. The molecule has 0 radical (unpaired) electrons. The highest BCUT2D eigenvalue weighted by atomic mass is 28.4. The van der Waals surface area contributed by atoms with Crippen LogP contribution in [0.25, 0.3) is 0 Å². The van der Waals surface area contributed by atoms with Gasteiger partial charge in [-0.25, -0.2) is 4.79 Å². The highest BCUT2D eigenvalue weighted by molar-refractivity contribution is 6.74. The van der Waals surface area contributed by atoms with Gasteiger partial charge in [-0.05, 0) is 36.3 Å². The van der Waals surface area contributed by atoms with Gasteiger partial charge in [-0.1, -0.05) is 41.5 Å². The standard InChI is InChI=1S/C17H36O5Si2/c1-16(2,3)23(7,8)21-13-12(11-18)20-15(19)14(13)22-24(9,10)17(4,5)6/h12-14,18H,11H2,1-10H3/t12-,13+,14-/m1/s1. The number of hydrogen-bond acceptors (Lipinski definition) is 5. The van der Waals surface area contributed by atoms with Crippen LogP contribution in [0, 0.1) is 0 Å². The largest absolute Gasteiger partial charge is 0.455 e. The van der Waals surface area contributed by atoms with Gasteiger partial charge in [0.2, 0.25) is 0 Å². The molecule has 0 aliphatic carbocycles. The molecule has 1 aliphatic heterocycles. The number of hydrogen-bond donors (Lipinski definition) is 1. The van der Waals surface area contributed by atoms with Gasteiger partial charge >= 0.3 is 5.97 Å². The third-order valence-electron chi connectivity index (χ3n) is 5.81. The number of rotatable bonds is 5. The van der Waals surface area contributed by atoms with Crippen LogP contribution in [0.4, 0.5) is 0 Å². The zero-order valence-electron chi connectivity index (χ0n) is 17.0. The van der Waals surface area contributed by atoms with E-state index in [-0.39, 0.29) is 16.7 Å². The predicted octanol–water partition coefficient (Wildman–Crippen LogP) is 3.68. The summed E-state index contributed by atoms with van der Waals surface area (Å²) in [4.78, 5) is 12.4. The van der Waals surface area contributed by atoms with Crippen molar-refractivity contribution in [3.8, 4) is 0 Å². The molecule has 1 N–H and O–H groups in total. The molecular weight excluding hydrogens is 340 g/mol. The fourth-order valence-electron chi connectivity index (χ4n) is 2.02. The Morgan fingerprint density at radius 2 is 1.38 bits per heavy atom. The minimum Gasteiger partial charge on any atom is -0.455 e. The van der Waals surface area contributed by atoms with Crippen LogP contribution < -0.4 is 0 Å². The van der Waals surface area contributed by atoms with Crippen molar-refractivity contribution in [1.29, 1.82) is 0 Å². The van der Waals surface area contributed by atoms with Crippen molar-refractivity contribution >= 4 is 22.6 Å². The Labute approximate surface area is 149 Å². The molecule has 1 saturated heterocycles. The summed E-state index contributed by atoms with van der Waals surface area (Å²) in [6.07, 6.45) is -1.95. The average molecular weight is 377 g/mol. The van der Waals surface area contributed by atoms with E-state index < -0.39 is 40.9 Å². The van der Waals surface area contributed by atoms with Crippen LogP contribution in [0.15, 0.2) is 0 Å². The maximum atomic E-state index is 12.4. The van der Waals surface area contributed by atoms with Crippen LogP contribution in [0.3, 0.4) is 0 Å². The first-order chi connectivity index (χ1) is 10.5. The number of cyclic esters (lactones) is 1. The summed E-state index contributed by atoms with van der Waals surface area (Å²) >= 11 is 0. The molecule has 0 spiro atoms. The van der Waals surface area contributed by atoms with E-state index in [1.807, 2.05) is 0 Å². The first-order valence-electron chi connectivity index (χ1n) is 8.70. The normalized spacial score (nSPS) is 26.6. The van der Waals surface area contributed by atoms with E-state index in [1.54, 1.807) is 0 Å². The SMILES string of the molecule is CC(C)(C)[Si](C)(C)O[C@H]1[C@@H](CO)OC(=O)[C@@H]1O[Si](C)(C)C(C)(C)C. The Hall–Kier alpha value is -0.216. The smallest absolute Gasteiger partial charge is 0.337 e. The number of carbonyl (C=O) groups excluding carboxylic acids is 1. The van der Waals surface area contributed by atoms with Crippen molar-refractivity contribution in [3.63, 3.8) is 0 Å². The van der Waals surface area contributed by atoms with Gasteiger partial charge < -0.3 is 18.7 Å². The summed E-state index contributed by atoms with van der Waals surface area (Å²) in [6, 6.07) is 0. The van der Waals surface area contributed by atoms with E-state index in [0.717, 1.165) is 0 Å². The van der Waals surface area contributed by atoms with E-state index >= 15 is 0 Å². The van der Waals surface area contributed by atoms with Gasteiger partial charge in [0.05, 0.1) is 6.61 Å². The molecule has 0 unspecified atom stereocenters. The maximum absolute atomic E-state index is 12.4. The Bertz CT molecular complexity index is 463. The molecule has 1 fully saturated rings. The van der Waals surface area contributed by atoms with E-state index in [0.29, 0.717) is 0 Å². The molecule has 0 aromatic carbocycles. The number of aliphatic hydroxyl groups is 1. The zero-order chi connectivity index (χ0) is 19.1. The second-order valence-corrected chi connectivity index (χ2v) is 19.3. The summed E-state index contributed by atoms with van der Waals surface area (Å²) in [5, 5.41) is 9.62. The molecule has 1 rings (SSSR count). The molecule has 7 heteroatoms. The molecule has 1 heterocycles. The summed E-state index contributed by atoms with van der Waals surface area (Å²) < 4.78 is 18.1. The molecule has 0 saturated carbocycles. The van der Waals surface area contributed by atoms with Gasteiger partial charge in [0.1, 0.15) is 6.10 Å². The molecule has 0 amide bonds. The third-order valence-corrected chi connectivity index (χ3v) is 14.7. The maximum Gasteiger partial charge on any atom is 0.337 e. The van der Waals surface area contributed by atoms with Gasteiger partial charge in [-0.15, -0.1) is 0 Å². The Balaban J connectivity index is 3.10. The zero-order valence-corrected chi connectivity index (χ0v) is 19.0. The highest BCUT2D eigenvalue weighted by Gasteiger charge is 2.53. The van der Waals surface area contributed by atoms with Crippen molar-refractivity contribution in [2.75, 3.05) is 6.61 Å². The van der Waals surface area contributed by atoms with Crippen LogP contribution in [-0.2, 0) is 18.4 Å². The van der Waals surface area contributed by atoms with Crippen molar-refractivity contribution < 1.29 is 23.5 Å². The fourth-order valence-corrected chi connectivity index (χ4v) is 4.55. The lowest BCUT2D eigenvalue weighted by Gasteiger charge is -2.42. The molecule has 0 bridgehead atoms. The number of carbonyl (C=O) groups is 1. The van der Waals surface area contributed by atoms with Crippen LogP contribution in [-0.4, -0.2) is 52.6 Å². The molecule has 3 atom stereocenters. The molecule has 5 nitrogen and oxygen atoms in total. The van der Waals surface area contributed by atoms with E-state index in [1.165, 1.54) is 0 Å². The van der Waals surface area contributed by atoms with E-state index in [2.05, 4.69) is 67.7 Å². The summed E-state index contributed by atoms with van der Waals surface area (Å²) in [6.45, 7) is 21.1. The minimum absolute atomic E-state index is 0.000166. The minimum atomic E-state index is -2.16. The molecule has 1 aliphatic rings. The van der Waals surface area contributed by atoms with Crippen molar-refractivity contribution in [1.82, 2.24) is 0 Å². The molecular formula is C17H36O5Si2. The molecule has 0 aromatic rings. The van der Waals surface area contributed by atoms with Crippen LogP contribution in [0.2, 0.25) is 36.3 Å². The number of ether oxygens (including phenoxy) is 1. The topological polar surface area (TPSA) is 65.0 Å². The Kier molecular flexibility index (Phi) is 6.21. The predicted molar refractivity (Wildman–Crippen MR) is 101 cm³/mol. The van der Waals surface area contributed by atoms with Gasteiger partial charge in [0.25, 0.3) is 0 Å². The quantitative estimate of drug-likeness (QED) is 0.585. The number of esters is 1. The third kappa shape index (κ3) is 4.49. The number of aliphatic hydroxyl groups excluding tert-OH is 1. The summed E-state index contributed by atoms with van der Waals surface area (Å²) in [5.41, 5.74) is 0. The Morgan fingerprint density at radius 3 is 1.75 bits per heavy atom. The van der Waals surface area contributed by atoms with Gasteiger partial charge in [0, 0.05) is 0 Å².